The number of esters is 1. The second kappa shape index (κ2) is 6.71. The number of carbonyl (C=O) groups excluding carboxylic acids is 1. The van der Waals surface area contributed by atoms with Gasteiger partial charge in [0.05, 0.1) is 12.0 Å². The number of rotatable bonds is 5. The molecule has 1 aromatic rings. The van der Waals surface area contributed by atoms with Crippen LogP contribution in [0.3, 0.4) is 0 Å². The van der Waals surface area contributed by atoms with Gasteiger partial charge in [-0.1, -0.05) is 13.8 Å². The van der Waals surface area contributed by atoms with Gasteiger partial charge in [-0.05, 0) is 19.3 Å². The van der Waals surface area contributed by atoms with E-state index in [1.165, 1.54) is 16.8 Å². The van der Waals surface area contributed by atoms with Crippen molar-refractivity contribution in [1.29, 1.82) is 0 Å². The van der Waals surface area contributed by atoms with E-state index in [1.54, 1.807) is 0 Å². The van der Waals surface area contributed by atoms with E-state index in [2.05, 4.69) is 4.98 Å². The van der Waals surface area contributed by atoms with E-state index in [9.17, 15) is 14.4 Å². The summed E-state index contributed by atoms with van der Waals surface area (Å²) in [5.41, 5.74) is -0.932. The molecule has 3 unspecified atom stereocenters. The van der Waals surface area contributed by atoms with Gasteiger partial charge in [0.1, 0.15) is 12.8 Å². The first-order valence-electron chi connectivity index (χ1n) is 7.14. The van der Waals surface area contributed by atoms with Crippen molar-refractivity contribution in [3.63, 3.8) is 0 Å². The average Bonchev–Trinajstić information content (AvgIpc) is 2.92. The number of nitrogens with zero attached hydrogens (tertiary/aromatic N) is 1. The lowest BCUT2D eigenvalue weighted by Crippen LogP contribution is -2.32. The maximum absolute atomic E-state index is 11.7. The molecule has 1 fully saturated rings. The van der Waals surface area contributed by atoms with E-state index in [0.29, 0.717) is 12.8 Å². The smallest absolute Gasteiger partial charge is 0.330 e. The zero-order chi connectivity index (χ0) is 15.4. The average molecular weight is 296 g/mol. The van der Waals surface area contributed by atoms with Crippen molar-refractivity contribution in [2.75, 3.05) is 6.61 Å². The molecule has 2 heterocycles. The van der Waals surface area contributed by atoms with Gasteiger partial charge in [-0.3, -0.25) is 19.1 Å². The topological polar surface area (TPSA) is 90.4 Å². The van der Waals surface area contributed by atoms with Crippen molar-refractivity contribution < 1.29 is 14.3 Å². The van der Waals surface area contributed by atoms with Gasteiger partial charge >= 0.3 is 11.7 Å². The Kier molecular flexibility index (Phi) is 4.95. The minimum atomic E-state index is -0.496. The van der Waals surface area contributed by atoms with Crippen molar-refractivity contribution in [2.45, 2.75) is 45.4 Å². The van der Waals surface area contributed by atoms with Crippen LogP contribution < -0.4 is 11.2 Å². The molecular formula is C14H20N2O5. The van der Waals surface area contributed by atoms with Crippen LogP contribution in [0.2, 0.25) is 0 Å². The van der Waals surface area contributed by atoms with Gasteiger partial charge in [0.15, 0.2) is 0 Å². The predicted molar refractivity (Wildman–Crippen MR) is 74.9 cm³/mol. The number of aromatic nitrogens is 2. The maximum atomic E-state index is 11.7. The first-order chi connectivity index (χ1) is 10.0. The number of aromatic amines is 1. The number of nitrogens with one attached hydrogen (secondary N) is 1. The molecule has 1 saturated heterocycles. The number of hydrogen-bond donors (Lipinski definition) is 1. The number of hydrogen-bond acceptors (Lipinski definition) is 5. The molecule has 7 heteroatoms. The zero-order valence-corrected chi connectivity index (χ0v) is 12.2. The van der Waals surface area contributed by atoms with Crippen molar-refractivity contribution in [1.82, 2.24) is 9.55 Å². The largest absolute Gasteiger partial charge is 0.463 e. The van der Waals surface area contributed by atoms with Crippen LogP contribution in [0.1, 0.15) is 39.3 Å². The molecule has 1 aliphatic heterocycles. The monoisotopic (exact) mass is 296 g/mol. The Hall–Kier alpha value is -1.89. The van der Waals surface area contributed by atoms with E-state index >= 15 is 0 Å². The fourth-order valence-electron chi connectivity index (χ4n) is 2.15. The van der Waals surface area contributed by atoms with Gasteiger partial charge in [-0.2, -0.15) is 0 Å². The van der Waals surface area contributed by atoms with E-state index in [-0.39, 0.29) is 24.6 Å². The molecule has 1 N–H and O–H groups in total. The highest BCUT2D eigenvalue weighted by Crippen LogP contribution is 2.27. The van der Waals surface area contributed by atoms with Crippen molar-refractivity contribution in [2.24, 2.45) is 5.92 Å². The van der Waals surface area contributed by atoms with Crippen LogP contribution >= 0.6 is 0 Å². The molecule has 3 atom stereocenters. The molecule has 0 aliphatic carbocycles. The van der Waals surface area contributed by atoms with Gasteiger partial charge < -0.3 is 9.47 Å². The number of ether oxygens (including phenoxy) is 2. The zero-order valence-electron chi connectivity index (χ0n) is 12.2. The lowest BCUT2D eigenvalue weighted by Gasteiger charge is -2.16. The van der Waals surface area contributed by atoms with Gasteiger partial charge in [0.2, 0.25) is 0 Å². The Labute approximate surface area is 121 Å². The van der Waals surface area contributed by atoms with E-state index in [4.69, 9.17) is 9.47 Å². The second-order valence-electron chi connectivity index (χ2n) is 5.25. The van der Waals surface area contributed by atoms with E-state index in [0.717, 1.165) is 6.42 Å². The molecule has 21 heavy (non-hydrogen) atoms. The lowest BCUT2D eigenvalue weighted by atomic mass is 10.1. The summed E-state index contributed by atoms with van der Waals surface area (Å²) in [5, 5.41) is 0. The molecule has 116 valence electrons. The standard InChI is InChI=1S/C14H20N2O5/c1-3-9(2)13(18)20-8-10-4-5-12(21-10)16-7-6-11(17)15-14(16)19/h6-7,9-10,12H,3-5,8H2,1-2H3,(H,15,17,19). The van der Waals surface area contributed by atoms with Crippen LogP contribution in [0.5, 0.6) is 0 Å². The molecule has 7 nitrogen and oxygen atoms in total. The van der Waals surface area contributed by atoms with Gasteiger partial charge in [-0.15, -0.1) is 0 Å². The first kappa shape index (κ1) is 15.5. The Morgan fingerprint density at radius 1 is 1.52 bits per heavy atom. The Morgan fingerprint density at radius 3 is 2.95 bits per heavy atom. The van der Waals surface area contributed by atoms with E-state index < -0.39 is 17.5 Å². The highest BCUT2D eigenvalue weighted by Gasteiger charge is 2.28. The molecule has 0 aromatic carbocycles. The molecule has 0 spiro atoms. The fourth-order valence-corrected chi connectivity index (χ4v) is 2.15. The van der Waals surface area contributed by atoms with Crippen molar-refractivity contribution in [3.05, 3.63) is 33.1 Å². The highest BCUT2D eigenvalue weighted by atomic mass is 16.6. The fraction of sp³-hybridized carbons (Fsp3) is 0.643. The Morgan fingerprint density at radius 2 is 2.29 bits per heavy atom. The van der Waals surface area contributed by atoms with Gasteiger partial charge in [0.25, 0.3) is 5.56 Å². The summed E-state index contributed by atoms with van der Waals surface area (Å²) in [5.74, 6) is -0.352. The molecular weight excluding hydrogens is 276 g/mol. The third-order valence-electron chi connectivity index (χ3n) is 3.67. The van der Waals surface area contributed by atoms with Gasteiger partial charge in [0, 0.05) is 12.3 Å². The summed E-state index contributed by atoms with van der Waals surface area (Å²) in [6.07, 6.45) is 2.84. The third-order valence-corrected chi connectivity index (χ3v) is 3.67. The van der Waals surface area contributed by atoms with Crippen molar-refractivity contribution in [3.8, 4) is 0 Å². The summed E-state index contributed by atoms with van der Waals surface area (Å²) >= 11 is 0. The first-order valence-corrected chi connectivity index (χ1v) is 7.14. The Balaban J connectivity index is 1.90. The predicted octanol–water partition coefficient (Wildman–Crippen LogP) is 0.803. The second-order valence-corrected chi connectivity index (χ2v) is 5.25. The van der Waals surface area contributed by atoms with Crippen LogP contribution in [0.4, 0.5) is 0 Å². The molecule has 0 saturated carbocycles. The normalized spacial score (nSPS) is 23.0. The molecule has 1 aromatic heterocycles. The highest BCUT2D eigenvalue weighted by molar-refractivity contribution is 5.71. The van der Waals surface area contributed by atoms with Crippen LogP contribution in [0.15, 0.2) is 21.9 Å². The Bertz CT molecular complexity index is 606. The number of carbonyl (C=O) groups is 1. The van der Waals surface area contributed by atoms with E-state index in [1.807, 2.05) is 13.8 Å². The quantitative estimate of drug-likeness (QED) is 0.812. The van der Waals surface area contributed by atoms with Gasteiger partial charge in [-0.25, -0.2) is 4.79 Å². The summed E-state index contributed by atoms with van der Waals surface area (Å²) < 4.78 is 12.2. The molecule has 1 aliphatic rings. The van der Waals surface area contributed by atoms with Crippen LogP contribution in [0, 0.1) is 5.92 Å². The molecule has 2 rings (SSSR count). The lowest BCUT2D eigenvalue weighted by molar-refractivity contribution is -0.152. The molecule has 0 radical (unpaired) electrons. The minimum Gasteiger partial charge on any atom is -0.463 e. The minimum absolute atomic E-state index is 0.121. The van der Waals surface area contributed by atoms with Crippen molar-refractivity contribution >= 4 is 5.97 Å². The number of H-pyrrole nitrogens is 1. The van der Waals surface area contributed by atoms with Crippen LogP contribution in [-0.2, 0) is 14.3 Å². The van der Waals surface area contributed by atoms with Crippen LogP contribution in [0.25, 0.3) is 0 Å². The van der Waals surface area contributed by atoms with Crippen LogP contribution in [-0.4, -0.2) is 28.2 Å². The maximum Gasteiger partial charge on any atom is 0.330 e. The molecule has 0 bridgehead atoms. The summed E-state index contributed by atoms with van der Waals surface area (Å²) in [4.78, 5) is 36.5. The summed E-state index contributed by atoms with van der Waals surface area (Å²) in [6.45, 7) is 3.94. The summed E-state index contributed by atoms with van der Waals surface area (Å²) in [6, 6.07) is 1.28. The summed E-state index contributed by atoms with van der Waals surface area (Å²) in [7, 11) is 0. The molecule has 0 amide bonds. The third kappa shape index (κ3) is 3.81. The SMILES string of the molecule is CCC(C)C(=O)OCC1CCC(n2ccc(=O)[nH]c2=O)O1.